The van der Waals surface area contributed by atoms with Gasteiger partial charge in [-0.2, -0.15) is 0 Å². The van der Waals surface area contributed by atoms with E-state index in [0.29, 0.717) is 6.42 Å². The van der Waals surface area contributed by atoms with Gasteiger partial charge in [0.05, 0.1) is 6.61 Å². The van der Waals surface area contributed by atoms with E-state index in [-0.39, 0.29) is 19.0 Å². The molecule has 0 spiro atoms. The fourth-order valence-electron chi connectivity index (χ4n) is 2.18. The first-order chi connectivity index (χ1) is 9.97. The zero-order valence-electron chi connectivity index (χ0n) is 11.9. The van der Waals surface area contributed by atoms with E-state index < -0.39 is 43.3 Å². The molecule has 1 rings (SSSR count). The second-order valence-corrected chi connectivity index (χ2v) is 5.21. The predicted molar refractivity (Wildman–Crippen MR) is 74.9 cm³/mol. The van der Waals surface area contributed by atoms with Gasteiger partial charge in [0, 0.05) is 19.0 Å². The first-order valence-electron chi connectivity index (χ1n) is 6.88. The zero-order chi connectivity index (χ0) is 16.0. The van der Waals surface area contributed by atoms with Crippen molar-refractivity contribution in [3.05, 3.63) is 0 Å². The number of aliphatic hydroxyl groups excluding tert-OH is 4. The summed E-state index contributed by atoms with van der Waals surface area (Å²) in [5.74, 6) is 0.236. The average Bonchev–Trinajstić information content (AvgIpc) is 2.49. The summed E-state index contributed by atoms with van der Waals surface area (Å²) >= 11 is 5.51. The van der Waals surface area contributed by atoms with Gasteiger partial charge in [0.2, 0.25) is 0 Å². The van der Waals surface area contributed by atoms with Gasteiger partial charge >= 0.3 is 6.03 Å². The summed E-state index contributed by atoms with van der Waals surface area (Å²) < 4.78 is 5.37. The summed E-state index contributed by atoms with van der Waals surface area (Å²) in [6.45, 7) is 1.82. The minimum atomic E-state index is -1.51. The van der Waals surface area contributed by atoms with Gasteiger partial charge in [-0.3, -0.25) is 4.90 Å². The number of rotatable bonds is 6. The van der Waals surface area contributed by atoms with Crippen molar-refractivity contribution >= 4 is 17.6 Å². The Morgan fingerprint density at radius 1 is 1.29 bits per heavy atom. The number of nitrogens with zero attached hydrogens (tertiary/aromatic N) is 1. The van der Waals surface area contributed by atoms with Crippen LogP contribution >= 0.6 is 11.6 Å². The first-order valence-corrected chi connectivity index (χ1v) is 7.42. The van der Waals surface area contributed by atoms with Crippen LogP contribution in [0.5, 0.6) is 0 Å². The maximum Gasteiger partial charge on any atom is 0.319 e. The molecule has 0 bridgehead atoms. The molecule has 5 N–H and O–H groups in total. The lowest BCUT2D eigenvalue weighted by atomic mass is 9.98. The number of halogens is 1. The van der Waals surface area contributed by atoms with Gasteiger partial charge in [0.1, 0.15) is 24.4 Å². The van der Waals surface area contributed by atoms with Gasteiger partial charge < -0.3 is 30.5 Å². The molecule has 0 unspecified atom stereocenters. The number of nitrogens with one attached hydrogen (secondary N) is 1. The normalized spacial score (nSPS) is 32.8. The topological polar surface area (TPSA) is 122 Å². The van der Waals surface area contributed by atoms with Crippen molar-refractivity contribution in [2.45, 2.75) is 44.0 Å². The summed E-state index contributed by atoms with van der Waals surface area (Å²) in [6.07, 6.45) is -6.04. The summed E-state index contributed by atoms with van der Waals surface area (Å²) in [5.41, 5.74) is 0. The molecule has 0 radical (unpaired) electrons. The van der Waals surface area contributed by atoms with E-state index in [1.54, 1.807) is 0 Å². The maximum absolute atomic E-state index is 12.1. The van der Waals surface area contributed by atoms with Crippen LogP contribution in [0.1, 0.15) is 13.3 Å². The minimum Gasteiger partial charge on any atom is -0.394 e. The lowest BCUT2D eigenvalue weighted by Gasteiger charge is -2.44. The highest BCUT2D eigenvalue weighted by Crippen LogP contribution is 2.24. The van der Waals surface area contributed by atoms with Crippen molar-refractivity contribution in [2.75, 3.05) is 25.6 Å². The molecule has 1 aliphatic heterocycles. The number of ether oxygens (including phenoxy) is 1. The Balaban J connectivity index is 2.86. The van der Waals surface area contributed by atoms with Gasteiger partial charge in [-0.05, 0) is 6.42 Å². The van der Waals surface area contributed by atoms with Gasteiger partial charge in [-0.1, -0.05) is 6.92 Å². The highest BCUT2D eigenvalue weighted by molar-refractivity contribution is 6.18. The fraction of sp³-hybridized carbons (Fsp3) is 0.917. The van der Waals surface area contributed by atoms with Crippen molar-refractivity contribution in [3.8, 4) is 0 Å². The standard InChI is InChI=1S/C12H23ClN2O6/c1-2-5-15(12(20)14-4-3-13)11-10(19)9(18)8(17)7(6-16)21-11/h7-11,16-19H,2-6H2,1H3,(H,14,20)/t7-,8+,9+,10-,11-/m1/s1. The second kappa shape index (κ2) is 8.72. The summed E-state index contributed by atoms with van der Waals surface area (Å²) in [6, 6.07) is -0.498. The molecule has 124 valence electrons. The largest absolute Gasteiger partial charge is 0.394 e. The Morgan fingerprint density at radius 2 is 1.95 bits per heavy atom. The number of aliphatic hydroxyl groups is 4. The van der Waals surface area contributed by atoms with Crippen LogP contribution < -0.4 is 5.32 Å². The van der Waals surface area contributed by atoms with Crippen molar-refractivity contribution in [2.24, 2.45) is 0 Å². The van der Waals surface area contributed by atoms with Crippen LogP contribution in [0, 0.1) is 0 Å². The van der Waals surface area contributed by atoms with Crippen LogP contribution in [0.2, 0.25) is 0 Å². The fourth-order valence-corrected chi connectivity index (χ4v) is 2.28. The molecule has 5 atom stereocenters. The maximum atomic E-state index is 12.1. The second-order valence-electron chi connectivity index (χ2n) is 4.83. The Kier molecular flexibility index (Phi) is 7.64. The van der Waals surface area contributed by atoms with Gasteiger partial charge in [0.25, 0.3) is 0 Å². The van der Waals surface area contributed by atoms with Gasteiger partial charge in [-0.15, -0.1) is 11.6 Å². The molecule has 2 amide bonds. The van der Waals surface area contributed by atoms with Crippen molar-refractivity contribution in [1.29, 1.82) is 0 Å². The van der Waals surface area contributed by atoms with Crippen LogP contribution in [0.25, 0.3) is 0 Å². The number of hydrogen-bond donors (Lipinski definition) is 5. The molecule has 8 nitrogen and oxygen atoms in total. The van der Waals surface area contributed by atoms with E-state index in [4.69, 9.17) is 21.4 Å². The predicted octanol–water partition coefficient (Wildman–Crippen LogP) is -1.55. The SMILES string of the molecule is CCCN(C(=O)NCCCl)[C@@H]1O[C@H](CO)[C@H](O)[C@H](O)[C@H]1O. The van der Waals surface area contributed by atoms with E-state index in [1.165, 1.54) is 4.90 Å². The van der Waals surface area contributed by atoms with Gasteiger partial charge in [-0.25, -0.2) is 4.79 Å². The van der Waals surface area contributed by atoms with Crippen LogP contribution in [-0.2, 0) is 4.74 Å². The number of amides is 2. The number of carbonyl (C=O) groups excluding carboxylic acids is 1. The molecule has 21 heavy (non-hydrogen) atoms. The van der Waals surface area contributed by atoms with Crippen LogP contribution in [0.3, 0.4) is 0 Å². The molecule has 1 fully saturated rings. The molecule has 1 saturated heterocycles. The molecule has 0 aromatic rings. The molecule has 0 aromatic carbocycles. The van der Waals surface area contributed by atoms with Gasteiger partial charge in [0.15, 0.2) is 6.23 Å². The number of alkyl halides is 1. The van der Waals surface area contributed by atoms with E-state index in [1.807, 2.05) is 6.92 Å². The van der Waals surface area contributed by atoms with Crippen LogP contribution in [-0.4, -0.2) is 87.6 Å². The highest BCUT2D eigenvalue weighted by Gasteiger charge is 2.46. The summed E-state index contributed by atoms with van der Waals surface area (Å²) in [5, 5.41) is 41.2. The lowest BCUT2D eigenvalue weighted by molar-refractivity contribution is -0.257. The smallest absolute Gasteiger partial charge is 0.319 e. The first kappa shape index (κ1) is 18.4. The number of urea groups is 1. The van der Waals surface area contributed by atoms with Crippen molar-refractivity contribution in [3.63, 3.8) is 0 Å². The minimum absolute atomic E-state index is 0.236. The molecular weight excluding hydrogens is 304 g/mol. The van der Waals surface area contributed by atoms with E-state index >= 15 is 0 Å². The van der Waals surface area contributed by atoms with Crippen LogP contribution in [0.15, 0.2) is 0 Å². The Bertz CT molecular complexity index is 333. The molecule has 9 heteroatoms. The van der Waals surface area contributed by atoms with Crippen molar-refractivity contribution < 1.29 is 30.0 Å². The van der Waals surface area contributed by atoms with E-state index in [0.717, 1.165) is 0 Å². The third-order valence-corrected chi connectivity index (χ3v) is 3.46. The molecule has 0 aliphatic carbocycles. The quantitative estimate of drug-likeness (QED) is 0.377. The lowest BCUT2D eigenvalue weighted by Crippen LogP contribution is -2.65. The Labute approximate surface area is 128 Å². The molecule has 1 heterocycles. The van der Waals surface area contributed by atoms with E-state index in [9.17, 15) is 20.1 Å². The van der Waals surface area contributed by atoms with Crippen LogP contribution in [0.4, 0.5) is 4.79 Å². The van der Waals surface area contributed by atoms with E-state index in [2.05, 4.69) is 5.32 Å². The Morgan fingerprint density at radius 3 is 2.48 bits per heavy atom. The molecule has 1 aliphatic rings. The third kappa shape index (κ3) is 4.41. The molecule has 0 aromatic heterocycles. The molecule has 0 saturated carbocycles. The number of carbonyl (C=O) groups is 1. The third-order valence-electron chi connectivity index (χ3n) is 3.27. The average molecular weight is 327 g/mol. The highest BCUT2D eigenvalue weighted by atomic mass is 35.5. The molecular formula is C12H23ClN2O6. The summed E-state index contributed by atoms with van der Waals surface area (Å²) in [4.78, 5) is 13.3. The monoisotopic (exact) mass is 326 g/mol. The van der Waals surface area contributed by atoms with Crippen molar-refractivity contribution in [1.82, 2.24) is 10.2 Å². The number of hydrogen-bond acceptors (Lipinski definition) is 6. The zero-order valence-corrected chi connectivity index (χ0v) is 12.6. The summed E-state index contributed by atoms with van der Waals surface area (Å²) in [7, 11) is 0. The Hall–Kier alpha value is -0.640.